The average molecular weight is 366 g/mol. The topological polar surface area (TPSA) is 115 Å². The lowest BCUT2D eigenvalue weighted by Gasteiger charge is -2.23. The Bertz CT molecular complexity index is 958. The number of nitrogens with two attached hydrogens (primary N) is 2. The fraction of sp³-hybridized carbons (Fsp3) is 0.412. The van der Waals surface area contributed by atoms with Gasteiger partial charge in [-0.2, -0.15) is 0 Å². The quantitative estimate of drug-likeness (QED) is 0.704. The van der Waals surface area contributed by atoms with E-state index in [4.69, 9.17) is 11.5 Å². The number of anilines is 2. The van der Waals surface area contributed by atoms with E-state index in [1.54, 1.807) is 6.92 Å². The van der Waals surface area contributed by atoms with Crippen LogP contribution in [0, 0.1) is 17.6 Å². The molecule has 0 aliphatic carbocycles. The van der Waals surface area contributed by atoms with Gasteiger partial charge >= 0.3 is 5.97 Å². The lowest BCUT2D eigenvalue weighted by Crippen LogP contribution is -2.27. The van der Waals surface area contributed by atoms with Crippen molar-refractivity contribution >= 4 is 28.2 Å². The lowest BCUT2D eigenvalue weighted by atomic mass is 10.1. The zero-order valence-corrected chi connectivity index (χ0v) is 14.3. The van der Waals surface area contributed by atoms with Gasteiger partial charge in [0.25, 0.3) is 0 Å². The largest absolute Gasteiger partial charge is 0.477 e. The van der Waals surface area contributed by atoms with E-state index in [0.717, 1.165) is 6.20 Å². The maximum atomic E-state index is 15.3. The van der Waals surface area contributed by atoms with Crippen molar-refractivity contribution in [3.05, 3.63) is 33.6 Å². The van der Waals surface area contributed by atoms with E-state index in [-0.39, 0.29) is 23.7 Å². The summed E-state index contributed by atoms with van der Waals surface area (Å²) in [7, 11) is 0. The van der Waals surface area contributed by atoms with Crippen molar-refractivity contribution in [1.82, 2.24) is 4.57 Å². The molecular weight excluding hydrogens is 346 g/mol. The molecule has 1 unspecified atom stereocenters. The van der Waals surface area contributed by atoms with Crippen molar-refractivity contribution < 1.29 is 18.7 Å². The molecule has 0 amide bonds. The number of nitrogens with zero attached hydrogens (tertiary/aromatic N) is 2. The summed E-state index contributed by atoms with van der Waals surface area (Å²) in [5.74, 6) is -3.32. The lowest BCUT2D eigenvalue weighted by molar-refractivity contribution is 0.0695. The van der Waals surface area contributed by atoms with Crippen LogP contribution in [0.5, 0.6) is 0 Å². The van der Waals surface area contributed by atoms with Crippen molar-refractivity contribution in [3.63, 3.8) is 0 Å². The van der Waals surface area contributed by atoms with Crippen LogP contribution in [0.3, 0.4) is 0 Å². The molecule has 2 heterocycles. The van der Waals surface area contributed by atoms with E-state index in [1.165, 1.54) is 9.47 Å². The summed E-state index contributed by atoms with van der Waals surface area (Å²) < 4.78 is 31.4. The average Bonchev–Trinajstić information content (AvgIpc) is 3.08. The Labute approximate surface area is 147 Å². The minimum absolute atomic E-state index is 0.119. The van der Waals surface area contributed by atoms with E-state index in [0.29, 0.717) is 26.1 Å². The molecule has 1 atom stereocenters. The van der Waals surface area contributed by atoms with Crippen LogP contribution in [0.4, 0.5) is 20.2 Å². The van der Waals surface area contributed by atoms with E-state index < -0.39 is 39.7 Å². The highest BCUT2D eigenvalue weighted by Gasteiger charge is 2.31. The molecule has 0 bridgehead atoms. The van der Waals surface area contributed by atoms with Gasteiger partial charge < -0.3 is 26.0 Å². The fourth-order valence-electron chi connectivity index (χ4n) is 3.50. The summed E-state index contributed by atoms with van der Waals surface area (Å²) in [6.45, 7) is 3.06. The summed E-state index contributed by atoms with van der Waals surface area (Å²) in [5, 5.41) is 8.75. The van der Waals surface area contributed by atoms with Crippen LogP contribution >= 0.6 is 0 Å². The number of nitrogen functional groups attached to an aromatic ring is 1. The number of hydrogen-bond acceptors (Lipinski definition) is 5. The highest BCUT2D eigenvalue weighted by Crippen LogP contribution is 2.37. The van der Waals surface area contributed by atoms with Gasteiger partial charge in [0.2, 0.25) is 5.43 Å². The normalized spacial score (nSPS) is 17.2. The van der Waals surface area contributed by atoms with E-state index in [2.05, 4.69) is 0 Å². The zero-order chi connectivity index (χ0) is 19.2. The van der Waals surface area contributed by atoms with Crippen molar-refractivity contribution in [1.29, 1.82) is 0 Å². The van der Waals surface area contributed by atoms with Gasteiger partial charge in [0.05, 0.1) is 16.6 Å². The van der Waals surface area contributed by atoms with Crippen LogP contribution < -0.4 is 21.8 Å². The number of fused-ring (bicyclic) bond motifs is 1. The number of halogens is 2. The van der Waals surface area contributed by atoms with Crippen LogP contribution in [0.1, 0.15) is 23.7 Å². The Balaban J connectivity index is 2.36. The molecule has 3 rings (SSSR count). The Morgan fingerprint density at radius 1 is 1.38 bits per heavy atom. The van der Waals surface area contributed by atoms with Crippen LogP contribution in [-0.2, 0) is 6.54 Å². The van der Waals surface area contributed by atoms with Crippen molar-refractivity contribution in [3.8, 4) is 0 Å². The van der Waals surface area contributed by atoms with Gasteiger partial charge in [-0.1, -0.05) is 0 Å². The number of aromatic carboxylic acids is 1. The molecule has 9 heteroatoms. The molecule has 1 aliphatic rings. The molecule has 26 heavy (non-hydrogen) atoms. The second-order valence-corrected chi connectivity index (χ2v) is 6.41. The number of pyridine rings is 1. The number of carbonyl (C=O) groups is 1. The van der Waals surface area contributed by atoms with Gasteiger partial charge in [-0.3, -0.25) is 4.79 Å². The molecule has 5 N–H and O–H groups in total. The van der Waals surface area contributed by atoms with Gasteiger partial charge in [0, 0.05) is 25.8 Å². The Morgan fingerprint density at radius 3 is 2.62 bits per heavy atom. The molecule has 1 aliphatic heterocycles. The Hall–Kier alpha value is -2.68. The van der Waals surface area contributed by atoms with Crippen molar-refractivity contribution in [2.24, 2.45) is 11.7 Å². The second kappa shape index (κ2) is 6.56. The van der Waals surface area contributed by atoms with Crippen molar-refractivity contribution in [2.45, 2.75) is 19.9 Å². The van der Waals surface area contributed by atoms with Gasteiger partial charge in [0.1, 0.15) is 11.3 Å². The maximum absolute atomic E-state index is 15.3. The standard InChI is InChI=1S/C17H20F2N4O3/c1-2-22-7-9(17(25)26)16(24)10-13(21)11(18)15(12(19)14(10)22)23-4-3-8(5-20)6-23/h7-8H,2-6,20-21H2,1H3,(H,25,26). The molecule has 0 radical (unpaired) electrons. The van der Waals surface area contributed by atoms with Crippen LogP contribution in [0.2, 0.25) is 0 Å². The van der Waals surface area contributed by atoms with E-state index >= 15 is 4.39 Å². The van der Waals surface area contributed by atoms with Crippen molar-refractivity contribution in [2.75, 3.05) is 30.3 Å². The number of aromatic nitrogens is 1. The zero-order valence-electron chi connectivity index (χ0n) is 14.3. The van der Waals surface area contributed by atoms with Crippen LogP contribution in [0.25, 0.3) is 10.9 Å². The number of carboxylic acid groups (broad SMARTS) is 1. The Morgan fingerprint density at radius 2 is 2.08 bits per heavy atom. The minimum Gasteiger partial charge on any atom is -0.477 e. The first-order valence-electron chi connectivity index (χ1n) is 8.33. The predicted octanol–water partition coefficient (Wildman–Crippen LogP) is 1.37. The van der Waals surface area contributed by atoms with Gasteiger partial charge in [0.15, 0.2) is 11.6 Å². The smallest absolute Gasteiger partial charge is 0.341 e. The third kappa shape index (κ3) is 2.59. The molecule has 1 saturated heterocycles. The molecule has 140 valence electrons. The first-order valence-corrected chi connectivity index (χ1v) is 8.33. The molecule has 2 aromatic rings. The number of rotatable bonds is 4. The van der Waals surface area contributed by atoms with Crippen LogP contribution in [0.15, 0.2) is 11.0 Å². The monoisotopic (exact) mass is 366 g/mol. The summed E-state index contributed by atoms with van der Waals surface area (Å²) in [5.41, 5.74) is 8.85. The van der Waals surface area contributed by atoms with Crippen LogP contribution in [-0.4, -0.2) is 35.3 Å². The predicted molar refractivity (Wildman–Crippen MR) is 94.5 cm³/mol. The molecule has 0 saturated carbocycles. The summed E-state index contributed by atoms with van der Waals surface area (Å²) in [6, 6.07) is 0. The number of aryl methyl sites for hydroxylation is 1. The number of carboxylic acids is 1. The Kier molecular flexibility index (Phi) is 4.57. The third-order valence-electron chi connectivity index (χ3n) is 4.92. The minimum atomic E-state index is -1.48. The summed E-state index contributed by atoms with van der Waals surface area (Å²) in [4.78, 5) is 25.3. The molecule has 1 aromatic carbocycles. The molecular formula is C17H20F2N4O3. The molecule has 1 aromatic heterocycles. The van der Waals surface area contributed by atoms with E-state index in [9.17, 15) is 19.1 Å². The summed E-state index contributed by atoms with van der Waals surface area (Å²) in [6.07, 6.45) is 1.76. The number of benzene rings is 1. The van der Waals surface area contributed by atoms with Gasteiger partial charge in [-0.25, -0.2) is 13.6 Å². The van der Waals surface area contributed by atoms with Gasteiger partial charge in [-0.05, 0) is 25.8 Å². The molecule has 0 spiro atoms. The second-order valence-electron chi connectivity index (χ2n) is 6.41. The fourth-order valence-corrected chi connectivity index (χ4v) is 3.50. The third-order valence-corrected chi connectivity index (χ3v) is 4.92. The highest BCUT2D eigenvalue weighted by molar-refractivity contribution is 5.99. The first kappa shape index (κ1) is 18.1. The SMILES string of the molecule is CCn1cc(C(=O)O)c(=O)c2c(N)c(F)c(N3CCC(CN)C3)c(F)c21. The summed E-state index contributed by atoms with van der Waals surface area (Å²) >= 11 is 0. The first-order chi connectivity index (χ1) is 12.3. The van der Waals surface area contributed by atoms with Gasteiger partial charge in [-0.15, -0.1) is 0 Å². The number of hydrogen-bond donors (Lipinski definition) is 3. The maximum Gasteiger partial charge on any atom is 0.341 e. The highest BCUT2D eigenvalue weighted by atomic mass is 19.1. The molecule has 1 fully saturated rings. The van der Waals surface area contributed by atoms with E-state index in [1.807, 2.05) is 0 Å². The molecule has 7 nitrogen and oxygen atoms in total.